The summed E-state index contributed by atoms with van der Waals surface area (Å²) in [6, 6.07) is 13.0. The van der Waals surface area contributed by atoms with Crippen LogP contribution < -0.4 is 5.32 Å². The molecule has 0 fully saturated rings. The van der Waals surface area contributed by atoms with E-state index in [0.29, 0.717) is 6.54 Å². The number of benzene rings is 2. The van der Waals surface area contributed by atoms with Gasteiger partial charge in [0, 0.05) is 29.4 Å². The molecule has 21 heavy (non-hydrogen) atoms. The summed E-state index contributed by atoms with van der Waals surface area (Å²) >= 11 is 1.62. The lowest BCUT2D eigenvalue weighted by molar-refractivity contribution is 0.625. The molecule has 0 unspecified atom stereocenters. The number of nitrogens with zero attached hydrogens (tertiary/aromatic N) is 1. The fourth-order valence-corrected chi connectivity index (χ4v) is 2.82. The molecule has 0 bridgehead atoms. The molecule has 0 radical (unpaired) electrons. The maximum atomic E-state index is 13.1. The van der Waals surface area contributed by atoms with E-state index in [0.717, 1.165) is 27.4 Å². The number of aromatic nitrogens is 1. The SMILES string of the molecule is Cc1cc(F)ccc1CNc1cccc(-c2nccs2)c1. The topological polar surface area (TPSA) is 24.9 Å². The van der Waals surface area contributed by atoms with Crippen LogP contribution >= 0.6 is 11.3 Å². The van der Waals surface area contributed by atoms with Crippen LogP contribution in [-0.2, 0) is 6.54 Å². The third kappa shape index (κ3) is 3.28. The summed E-state index contributed by atoms with van der Waals surface area (Å²) in [7, 11) is 0. The second-order valence-corrected chi connectivity index (χ2v) is 5.74. The Balaban J connectivity index is 1.75. The van der Waals surface area contributed by atoms with E-state index in [9.17, 15) is 4.39 Å². The highest BCUT2D eigenvalue weighted by molar-refractivity contribution is 7.13. The Morgan fingerprint density at radius 3 is 2.86 bits per heavy atom. The van der Waals surface area contributed by atoms with Crippen LogP contribution in [-0.4, -0.2) is 4.98 Å². The lowest BCUT2D eigenvalue weighted by Gasteiger charge is -2.10. The number of hydrogen-bond donors (Lipinski definition) is 1. The summed E-state index contributed by atoms with van der Waals surface area (Å²) in [5, 5.41) is 6.36. The second kappa shape index (κ2) is 6.06. The van der Waals surface area contributed by atoms with Gasteiger partial charge in [-0.15, -0.1) is 11.3 Å². The van der Waals surface area contributed by atoms with Gasteiger partial charge in [0.15, 0.2) is 0 Å². The van der Waals surface area contributed by atoms with Crippen LogP contribution in [0.15, 0.2) is 54.0 Å². The summed E-state index contributed by atoms with van der Waals surface area (Å²) < 4.78 is 13.1. The highest BCUT2D eigenvalue weighted by atomic mass is 32.1. The molecule has 0 aliphatic heterocycles. The molecule has 2 aromatic carbocycles. The summed E-state index contributed by atoms with van der Waals surface area (Å²) in [4.78, 5) is 4.32. The van der Waals surface area contributed by atoms with Crippen molar-refractivity contribution in [2.45, 2.75) is 13.5 Å². The Morgan fingerprint density at radius 2 is 2.10 bits per heavy atom. The van der Waals surface area contributed by atoms with E-state index in [1.807, 2.05) is 42.8 Å². The van der Waals surface area contributed by atoms with E-state index in [1.54, 1.807) is 17.4 Å². The minimum Gasteiger partial charge on any atom is -0.381 e. The van der Waals surface area contributed by atoms with Gasteiger partial charge >= 0.3 is 0 Å². The minimum atomic E-state index is -0.193. The largest absolute Gasteiger partial charge is 0.381 e. The average molecular weight is 298 g/mol. The molecule has 0 spiro atoms. The van der Waals surface area contributed by atoms with Gasteiger partial charge < -0.3 is 5.32 Å². The standard InChI is InChI=1S/C17H15FN2S/c1-12-9-15(18)6-5-14(12)11-20-16-4-2-3-13(10-16)17-19-7-8-21-17/h2-10,20H,11H2,1H3. The normalized spacial score (nSPS) is 10.6. The van der Waals surface area contributed by atoms with E-state index in [1.165, 1.54) is 6.07 Å². The number of halogens is 1. The summed E-state index contributed by atoms with van der Waals surface area (Å²) in [6.45, 7) is 2.60. The molecule has 0 aliphatic rings. The molecular weight excluding hydrogens is 283 g/mol. The first-order valence-corrected chi connectivity index (χ1v) is 7.59. The van der Waals surface area contributed by atoms with Crippen molar-refractivity contribution < 1.29 is 4.39 Å². The molecule has 1 heterocycles. The maximum absolute atomic E-state index is 13.1. The number of thiazole rings is 1. The van der Waals surface area contributed by atoms with E-state index in [4.69, 9.17) is 0 Å². The predicted octanol–water partition coefficient (Wildman–Crippen LogP) is 4.87. The Bertz CT molecular complexity index is 738. The summed E-state index contributed by atoms with van der Waals surface area (Å²) in [5.41, 5.74) is 4.19. The van der Waals surface area contributed by atoms with E-state index in [-0.39, 0.29) is 5.82 Å². The monoisotopic (exact) mass is 298 g/mol. The predicted molar refractivity (Wildman–Crippen MR) is 86.0 cm³/mol. The van der Waals surface area contributed by atoms with Crippen LogP contribution in [0.1, 0.15) is 11.1 Å². The van der Waals surface area contributed by atoms with Gasteiger partial charge in [0.1, 0.15) is 10.8 Å². The number of aryl methyl sites for hydroxylation is 1. The average Bonchev–Trinajstić information content (AvgIpc) is 3.01. The molecule has 0 saturated carbocycles. The molecule has 2 nitrogen and oxygen atoms in total. The molecule has 3 aromatic rings. The first kappa shape index (κ1) is 13.8. The van der Waals surface area contributed by atoms with Gasteiger partial charge in [-0.05, 0) is 42.3 Å². The van der Waals surface area contributed by atoms with Crippen molar-refractivity contribution in [3.05, 3.63) is 71.0 Å². The highest BCUT2D eigenvalue weighted by Crippen LogP contribution is 2.24. The molecule has 0 atom stereocenters. The third-order valence-corrected chi connectivity index (χ3v) is 4.15. The van der Waals surface area contributed by atoms with Crippen LogP contribution in [0.2, 0.25) is 0 Å². The molecule has 1 aromatic heterocycles. The van der Waals surface area contributed by atoms with Crippen LogP contribution in [0.3, 0.4) is 0 Å². The van der Waals surface area contributed by atoms with Crippen molar-refractivity contribution >= 4 is 17.0 Å². The lowest BCUT2D eigenvalue weighted by Crippen LogP contribution is -2.01. The Hall–Kier alpha value is -2.20. The molecule has 0 saturated heterocycles. The van der Waals surface area contributed by atoms with Crippen LogP contribution in [0.4, 0.5) is 10.1 Å². The first-order chi connectivity index (χ1) is 10.2. The van der Waals surface area contributed by atoms with Gasteiger partial charge in [0.25, 0.3) is 0 Å². The van der Waals surface area contributed by atoms with Gasteiger partial charge in [-0.1, -0.05) is 18.2 Å². The van der Waals surface area contributed by atoms with E-state index in [2.05, 4.69) is 16.4 Å². The fourth-order valence-electron chi connectivity index (χ4n) is 2.18. The molecule has 106 valence electrons. The van der Waals surface area contributed by atoms with Gasteiger partial charge in [0.2, 0.25) is 0 Å². The van der Waals surface area contributed by atoms with Crippen molar-refractivity contribution in [1.82, 2.24) is 4.98 Å². The summed E-state index contributed by atoms with van der Waals surface area (Å²) in [5.74, 6) is -0.193. The smallest absolute Gasteiger partial charge is 0.123 e. The number of anilines is 1. The van der Waals surface area contributed by atoms with E-state index >= 15 is 0 Å². The van der Waals surface area contributed by atoms with Crippen LogP contribution in [0.25, 0.3) is 10.6 Å². The van der Waals surface area contributed by atoms with E-state index < -0.39 is 0 Å². The Labute approximate surface area is 127 Å². The molecule has 0 aliphatic carbocycles. The van der Waals surface area contributed by atoms with Crippen molar-refractivity contribution in [3.63, 3.8) is 0 Å². The zero-order chi connectivity index (χ0) is 14.7. The molecular formula is C17H15FN2S. The van der Waals surface area contributed by atoms with Crippen molar-refractivity contribution in [2.24, 2.45) is 0 Å². The second-order valence-electron chi connectivity index (χ2n) is 4.84. The van der Waals surface area contributed by atoms with Crippen LogP contribution in [0, 0.1) is 12.7 Å². The van der Waals surface area contributed by atoms with Gasteiger partial charge in [-0.3, -0.25) is 0 Å². The first-order valence-electron chi connectivity index (χ1n) is 6.71. The zero-order valence-corrected chi connectivity index (χ0v) is 12.5. The third-order valence-electron chi connectivity index (χ3n) is 3.33. The quantitative estimate of drug-likeness (QED) is 0.743. The molecule has 0 amide bonds. The summed E-state index contributed by atoms with van der Waals surface area (Å²) in [6.07, 6.45) is 1.81. The lowest BCUT2D eigenvalue weighted by atomic mass is 10.1. The van der Waals surface area contributed by atoms with Gasteiger partial charge in [0.05, 0.1) is 0 Å². The zero-order valence-electron chi connectivity index (χ0n) is 11.6. The fraction of sp³-hybridized carbons (Fsp3) is 0.118. The minimum absolute atomic E-state index is 0.193. The molecule has 1 N–H and O–H groups in total. The maximum Gasteiger partial charge on any atom is 0.123 e. The van der Waals surface area contributed by atoms with Crippen molar-refractivity contribution in [3.8, 4) is 10.6 Å². The molecule has 4 heteroatoms. The van der Waals surface area contributed by atoms with Crippen LogP contribution in [0.5, 0.6) is 0 Å². The Morgan fingerprint density at radius 1 is 1.19 bits per heavy atom. The number of nitrogens with one attached hydrogen (secondary N) is 1. The van der Waals surface area contributed by atoms with Gasteiger partial charge in [-0.25, -0.2) is 9.37 Å². The highest BCUT2D eigenvalue weighted by Gasteiger charge is 2.03. The van der Waals surface area contributed by atoms with Crippen molar-refractivity contribution in [1.29, 1.82) is 0 Å². The van der Waals surface area contributed by atoms with Gasteiger partial charge in [-0.2, -0.15) is 0 Å². The van der Waals surface area contributed by atoms with Crippen molar-refractivity contribution in [2.75, 3.05) is 5.32 Å². The Kier molecular flexibility index (Phi) is 3.97. The number of rotatable bonds is 4. The molecule has 3 rings (SSSR count). The number of hydrogen-bond acceptors (Lipinski definition) is 3.